The van der Waals surface area contributed by atoms with Crippen LogP contribution in [0.15, 0.2) is 29.2 Å². The largest absolute Gasteiger partial charge is 0.352 e. The van der Waals surface area contributed by atoms with Crippen molar-refractivity contribution in [1.29, 1.82) is 0 Å². The van der Waals surface area contributed by atoms with Crippen LogP contribution in [0.1, 0.15) is 44.5 Å². The Morgan fingerprint density at radius 2 is 1.68 bits per heavy atom. The summed E-state index contributed by atoms with van der Waals surface area (Å²) in [6, 6.07) is 6.10. The molecule has 5 nitrogen and oxygen atoms in total. The second-order valence-electron chi connectivity index (χ2n) is 5.55. The van der Waals surface area contributed by atoms with Gasteiger partial charge in [-0.15, -0.1) is 0 Å². The zero-order chi connectivity index (χ0) is 16.8. The molecule has 1 aromatic carbocycles. The van der Waals surface area contributed by atoms with E-state index < -0.39 is 10.0 Å². The van der Waals surface area contributed by atoms with E-state index in [-0.39, 0.29) is 10.8 Å². The first-order valence-corrected chi connectivity index (χ1v) is 9.15. The number of hydrogen-bond donors (Lipinski definition) is 1. The van der Waals surface area contributed by atoms with Crippen LogP contribution in [0.4, 0.5) is 0 Å². The quantitative estimate of drug-likeness (QED) is 0.798. The maximum absolute atomic E-state index is 12.3. The summed E-state index contributed by atoms with van der Waals surface area (Å²) in [5, 5.41) is 2.83. The molecule has 0 aliphatic heterocycles. The normalized spacial score (nSPS) is 11.9. The van der Waals surface area contributed by atoms with Crippen LogP contribution in [0.3, 0.4) is 0 Å². The molecule has 1 rings (SSSR count). The Hall–Kier alpha value is -1.40. The molecule has 0 aliphatic rings. The molecule has 0 aliphatic carbocycles. The second-order valence-corrected chi connectivity index (χ2v) is 7.49. The Bertz CT molecular complexity index is 576. The molecule has 0 fully saturated rings. The van der Waals surface area contributed by atoms with Gasteiger partial charge in [0.2, 0.25) is 10.0 Å². The first-order chi connectivity index (χ1) is 10.3. The number of benzene rings is 1. The van der Waals surface area contributed by atoms with Gasteiger partial charge in [0.25, 0.3) is 5.91 Å². The van der Waals surface area contributed by atoms with Gasteiger partial charge in [0.05, 0.1) is 4.90 Å². The van der Waals surface area contributed by atoms with Crippen LogP contribution < -0.4 is 5.32 Å². The van der Waals surface area contributed by atoms with Crippen LogP contribution in [-0.2, 0) is 10.0 Å². The smallest absolute Gasteiger partial charge is 0.251 e. The van der Waals surface area contributed by atoms with E-state index in [4.69, 9.17) is 0 Å². The minimum absolute atomic E-state index is 0.174. The maximum atomic E-state index is 12.3. The van der Waals surface area contributed by atoms with Crippen molar-refractivity contribution in [3.05, 3.63) is 29.8 Å². The third kappa shape index (κ3) is 4.81. The third-order valence-electron chi connectivity index (χ3n) is 3.47. The topological polar surface area (TPSA) is 66.5 Å². The maximum Gasteiger partial charge on any atom is 0.251 e. The van der Waals surface area contributed by atoms with Crippen LogP contribution in [0.25, 0.3) is 0 Å². The second kappa shape index (κ2) is 8.29. The molecule has 0 atom stereocenters. The minimum atomic E-state index is -3.47. The SMILES string of the molecule is CCN(CC)S(=O)(=O)c1ccc(C(=O)NCCC(C)C)cc1. The number of carbonyl (C=O) groups is 1. The van der Waals surface area contributed by atoms with Crippen molar-refractivity contribution < 1.29 is 13.2 Å². The summed E-state index contributed by atoms with van der Waals surface area (Å²) < 4.78 is 26.1. The summed E-state index contributed by atoms with van der Waals surface area (Å²) in [4.78, 5) is 12.2. The molecular weight excluding hydrogens is 300 g/mol. The van der Waals surface area contributed by atoms with Crippen molar-refractivity contribution in [2.24, 2.45) is 5.92 Å². The predicted octanol–water partition coefficient (Wildman–Crippen LogP) is 2.49. The summed E-state index contributed by atoms with van der Waals surface area (Å²) in [5.74, 6) is 0.356. The molecule has 0 saturated heterocycles. The number of rotatable bonds is 8. The lowest BCUT2D eigenvalue weighted by Gasteiger charge is -2.18. The average molecular weight is 326 g/mol. The van der Waals surface area contributed by atoms with Gasteiger partial charge in [-0.25, -0.2) is 8.42 Å². The van der Waals surface area contributed by atoms with Crippen LogP contribution in [0, 0.1) is 5.92 Å². The number of hydrogen-bond acceptors (Lipinski definition) is 3. The Morgan fingerprint density at radius 3 is 2.14 bits per heavy atom. The van der Waals surface area contributed by atoms with E-state index in [1.54, 1.807) is 26.0 Å². The Morgan fingerprint density at radius 1 is 1.14 bits per heavy atom. The van der Waals surface area contributed by atoms with Gasteiger partial charge in [-0.2, -0.15) is 4.31 Å². The fraction of sp³-hybridized carbons (Fsp3) is 0.562. The molecule has 0 saturated carbocycles. The molecule has 1 aromatic rings. The molecule has 0 unspecified atom stereocenters. The van der Waals surface area contributed by atoms with Gasteiger partial charge in [-0.05, 0) is 36.6 Å². The summed E-state index contributed by atoms with van der Waals surface area (Å²) in [5.41, 5.74) is 0.474. The Balaban J connectivity index is 2.80. The van der Waals surface area contributed by atoms with E-state index in [1.807, 2.05) is 0 Å². The van der Waals surface area contributed by atoms with Crippen molar-refractivity contribution >= 4 is 15.9 Å². The van der Waals surface area contributed by atoms with E-state index in [2.05, 4.69) is 19.2 Å². The number of carbonyl (C=O) groups excluding carboxylic acids is 1. The van der Waals surface area contributed by atoms with Crippen molar-refractivity contribution in [3.8, 4) is 0 Å². The molecule has 1 amide bonds. The Labute approximate surface area is 133 Å². The molecule has 0 spiro atoms. The van der Waals surface area contributed by atoms with Gasteiger partial charge in [0, 0.05) is 25.2 Å². The highest BCUT2D eigenvalue weighted by Gasteiger charge is 2.21. The van der Waals surface area contributed by atoms with Crippen molar-refractivity contribution in [2.45, 2.75) is 39.0 Å². The molecule has 0 radical (unpaired) electrons. The molecule has 0 heterocycles. The summed E-state index contributed by atoms with van der Waals surface area (Å²) in [7, 11) is -3.47. The number of amides is 1. The molecular formula is C16H26N2O3S. The van der Waals surface area contributed by atoms with E-state index >= 15 is 0 Å². The van der Waals surface area contributed by atoms with Crippen LogP contribution in [0.2, 0.25) is 0 Å². The first-order valence-electron chi connectivity index (χ1n) is 7.71. The highest BCUT2D eigenvalue weighted by Crippen LogP contribution is 2.16. The number of nitrogens with zero attached hydrogens (tertiary/aromatic N) is 1. The number of nitrogens with one attached hydrogen (secondary N) is 1. The molecule has 22 heavy (non-hydrogen) atoms. The fourth-order valence-corrected chi connectivity index (χ4v) is 3.53. The Kier molecular flexibility index (Phi) is 7.03. The molecule has 6 heteroatoms. The van der Waals surface area contributed by atoms with E-state index in [0.29, 0.717) is 31.1 Å². The van der Waals surface area contributed by atoms with Gasteiger partial charge in [0.15, 0.2) is 0 Å². The first kappa shape index (κ1) is 18.6. The highest BCUT2D eigenvalue weighted by atomic mass is 32.2. The lowest BCUT2D eigenvalue weighted by molar-refractivity contribution is 0.0952. The zero-order valence-electron chi connectivity index (χ0n) is 13.8. The summed E-state index contributed by atoms with van der Waals surface area (Å²) in [6.07, 6.45) is 0.917. The lowest BCUT2D eigenvalue weighted by atomic mass is 10.1. The van der Waals surface area contributed by atoms with Crippen molar-refractivity contribution in [2.75, 3.05) is 19.6 Å². The molecule has 0 bridgehead atoms. The van der Waals surface area contributed by atoms with E-state index in [9.17, 15) is 13.2 Å². The van der Waals surface area contributed by atoms with Crippen LogP contribution in [0.5, 0.6) is 0 Å². The van der Waals surface area contributed by atoms with Gasteiger partial charge in [-0.1, -0.05) is 27.7 Å². The van der Waals surface area contributed by atoms with Gasteiger partial charge >= 0.3 is 0 Å². The fourth-order valence-electron chi connectivity index (χ4n) is 2.07. The summed E-state index contributed by atoms with van der Waals surface area (Å²) in [6.45, 7) is 9.27. The molecule has 1 N–H and O–H groups in total. The third-order valence-corrected chi connectivity index (χ3v) is 5.53. The zero-order valence-corrected chi connectivity index (χ0v) is 14.6. The predicted molar refractivity (Wildman–Crippen MR) is 88.3 cm³/mol. The molecule has 0 aromatic heterocycles. The van der Waals surface area contributed by atoms with Crippen LogP contribution >= 0.6 is 0 Å². The average Bonchev–Trinajstić information content (AvgIpc) is 2.48. The van der Waals surface area contributed by atoms with E-state index in [0.717, 1.165) is 6.42 Å². The van der Waals surface area contributed by atoms with Crippen molar-refractivity contribution in [1.82, 2.24) is 9.62 Å². The van der Waals surface area contributed by atoms with E-state index in [1.165, 1.54) is 16.4 Å². The molecule has 124 valence electrons. The number of sulfonamides is 1. The standard InChI is InChI=1S/C16H26N2O3S/c1-5-18(6-2)22(20,21)15-9-7-14(8-10-15)16(19)17-12-11-13(3)4/h7-10,13H,5-6,11-12H2,1-4H3,(H,17,19). The monoisotopic (exact) mass is 326 g/mol. The van der Waals surface area contributed by atoms with Gasteiger partial charge < -0.3 is 5.32 Å². The van der Waals surface area contributed by atoms with Crippen LogP contribution in [-0.4, -0.2) is 38.3 Å². The van der Waals surface area contributed by atoms with Crippen molar-refractivity contribution in [3.63, 3.8) is 0 Å². The minimum Gasteiger partial charge on any atom is -0.352 e. The highest BCUT2D eigenvalue weighted by molar-refractivity contribution is 7.89. The van der Waals surface area contributed by atoms with Gasteiger partial charge in [0.1, 0.15) is 0 Å². The summed E-state index contributed by atoms with van der Waals surface area (Å²) >= 11 is 0. The van der Waals surface area contributed by atoms with Gasteiger partial charge in [-0.3, -0.25) is 4.79 Å². The lowest BCUT2D eigenvalue weighted by Crippen LogP contribution is -2.30.